The number of carbonyl (C=O) groups is 2. The quantitative estimate of drug-likeness (QED) is 0.316. The third kappa shape index (κ3) is 8.36. The summed E-state index contributed by atoms with van der Waals surface area (Å²) < 4.78 is 32.0. The normalized spacial score (nSPS) is 12.1. The van der Waals surface area contributed by atoms with Gasteiger partial charge >= 0.3 is 0 Å². The Morgan fingerprint density at radius 3 is 2.23 bits per heavy atom. The van der Waals surface area contributed by atoms with Gasteiger partial charge in [0.25, 0.3) is 0 Å². The Hall–Kier alpha value is -3.27. The van der Waals surface area contributed by atoms with E-state index in [9.17, 15) is 18.0 Å². The number of methoxy groups -OCH3 is 1. The minimum Gasteiger partial charge on any atom is -0.497 e. The summed E-state index contributed by atoms with van der Waals surface area (Å²) in [5.74, 6) is -0.370. The highest BCUT2D eigenvalue weighted by Crippen LogP contribution is 2.34. The van der Waals surface area contributed by atoms with Gasteiger partial charge in [-0.05, 0) is 49.2 Å². The highest BCUT2D eigenvalue weighted by molar-refractivity contribution is 7.92. The summed E-state index contributed by atoms with van der Waals surface area (Å²) >= 11 is 12.5. The molecule has 1 atom stereocenters. The number of ether oxygens (including phenoxy) is 1. The molecule has 11 heteroatoms. The zero-order valence-electron chi connectivity index (χ0n) is 22.8. The van der Waals surface area contributed by atoms with Gasteiger partial charge in [-0.25, -0.2) is 8.42 Å². The lowest BCUT2D eigenvalue weighted by Gasteiger charge is -2.34. The van der Waals surface area contributed by atoms with Crippen molar-refractivity contribution in [2.24, 2.45) is 0 Å². The first kappa shape index (κ1) is 31.3. The summed E-state index contributed by atoms with van der Waals surface area (Å²) in [6.07, 6.45) is 1.20. The van der Waals surface area contributed by atoms with E-state index in [0.29, 0.717) is 11.3 Å². The molecule has 3 rings (SSSR count). The van der Waals surface area contributed by atoms with Crippen LogP contribution in [0, 0.1) is 0 Å². The predicted octanol–water partition coefficient (Wildman–Crippen LogP) is 4.93. The highest BCUT2D eigenvalue weighted by atomic mass is 35.5. The van der Waals surface area contributed by atoms with E-state index >= 15 is 0 Å². The molecule has 0 heterocycles. The third-order valence-corrected chi connectivity index (χ3v) is 8.00. The number of sulfonamides is 1. The molecule has 40 heavy (non-hydrogen) atoms. The van der Waals surface area contributed by atoms with Crippen LogP contribution in [0.1, 0.15) is 25.0 Å². The van der Waals surface area contributed by atoms with Crippen molar-refractivity contribution < 1.29 is 22.7 Å². The fraction of sp³-hybridized carbons (Fsp3) is 0.310. The standard InChI is InChI=1S/C29H33Cl2N3O5S/c1-20(2)32-29(36)26(17-21-10-6-5-7-11-21)33(18-22-12-8-13-23(16-22)39-3)27(35)19-34(40(4,37)38)25-15-9-14-24(30)28(25)31/h5-16,20,26H,17-19H2,1-4H3,(H,32,36)/t26-/m0/s1. The van der Waals surface area contributed by atoms with Crippen molar-refractivity contribution in [3.05, 3.63) is 94.0 Å². The Bertz CT molecular complexity index is 1430. The molecule has 0 bridgehead atoms. The van der Waals surface area contributed by atoms with Gasteiger partial charge in [-0.3, -0.25) is 13.9 Å². The fourth-order valence-corrected chi connectivity index (χ4v) is 5.48. The number of amides is 2. The number of halogens is 2. The molecule has 0 unspecified atom stereocenters. The molecule has 0 radical (unpaired) electrons. The molecule has 214 valence electrons. The van der Waals surface area contributed by atoms with E-state index in [2.05, 4.69) is 5.32 Å². The van der Waals surface area contributed by atoms with Crippen LogP contribution in [0.15, 0.2) is 72.8 Å². The summed E-state index contributed by atoms with van der Waals surface area (Å²) in [6, 6.07) is 19.9. The third-order valence-electron chi connectivity index (χ3n) is 6.07. The minimum absolute atomic E-state index is 0.000115. The summed E-state index contributed by atoms with van der Waals surface area (Å²) in [7, 11) is -2.43. The topological polar surface area (TPSA) is 96.0 Å². The predicted molar refractivity (Wildman–Crippen MR) is 159 cm³/mol. The van der Waals surface area contributed by atoms with Crippen LogP contribution in [-0.4, -0.2) is 57.1 Å². The van der Waals surface area contributed by atoms with Gasteiger partial charge in [0.15, 0.2) is 0 Å². The fourth-order valence-electron chi connectivity index (χ4n) is 4.18. The van der Waals surface area contributed by atoms with E-state index in [1.165, 1.54) is 24.1 Å². The molecule has 3 aromatic carbocycles. The molecule has 1 N–H and O–H groups in total. The van der Waals surface area contributed by atoms with Gasteiger partial charge < -0.3 is 15.0 Å². The maximum atomic E-state index is 14.1. The Labute approximate surface area is 245 Å². The first-order chi connectivity index (χ1) is 18.9. The van der Waals surface area contributed by atoms with E-state index in [1.807, 2.05) is 50.2 Å². The average Bonchev–Trinajstić information content (AvgIpc) is 2.90. The highest BCUT2D eigenvalue weighted by Gasteiger charge is 2.34. The van der Waals surface area contributed by atoms with Gasteiger partial charge in [0.2, 0.25) is 21.8 Å². The lowest BCUT2D eigenvalue weighted by molar-refractivity contribution is -0.140. The zero-order chi connectivity index (χ0) is 29.4. The van der Waals surface area contributed by atoms with Gasteiger partial charge in [0, 0.05) is 19.0 Å². The average molecular weight is 607 g/mol. The lowest BCUT2D eigenvalue weighted by atomic mass is 10.0. The number of anilines is 1. The molecular formula is C29H33Cl2N3O5S. The largest absolute Gasteiger partial charge is 0.497 e. The summed E-state index contributed by atoms with van der Waals surface area (Å²) in [5.41, 5.74) is 1.61. The van der Waals surface area contributed by atoms with E-state index in [1.54, 1.807) is 24.3 Å². The van der Waals surface area contributed by atoms with Crippen molar-refractivity contribution in [2.45, 2.75) is 38.9 Å². The second-order valence-electron chi connectivity index (χ2n) is 9.58. The van der Waals surface area contributed by atoms with Crippen LogP contribution in [0.5, 0.6) is 5.75 Å². The van der Waals surface area contributed by atoms with Crippen LogP contribution in [-0.2, 0) is 32.6 Å². The van der Waals surface area contributed by atoms with Crippen LogP contribution >= 0.6 is 23.2 Å². The molecule has 3 aromatic rings. The van der Waals surface area contributed by atoms with Crippen LogP contribution < -0.4 is 14.4 Å². The van der Waals surface area contributed by atoms with E-state index in [-0.39, 0.29) is 40.6 Å². The number of benzene rings is 3. The Morgan fingerprint density at radius 1 is 0.950 bits per heavy atom. The summed E-state index contributed by atoms with van der Waals surface area (Å²) in [4.78, 5) is 29.1. The monoisotopic (exact) mass is 605 g/mol. The number of rotatable bonds is 12. The number of hydrogen-bond acceptors (Lipinski definition) is 5. The lowest BCUT2D eigenvalue weighted by Crippen LogP contribution is -2.54. The molecule has 0 spiro atoms. The van der Waals surface area contributed by atoms with Gasteiger partial charge in [0.1, 0.15) is 18.3 Å². The molecular weight excluding hydrogens is 573 g/mol. The summed E-state index contributed by atoms with van der Waals surface area (Å²) in [5, 5.41) is 3.06. The molecule has 0 aromatic heterocycles. The van der Waals surface area contributed by atoms with E-state index in [0.717, 1.165) is 16.1 Å². The van der Waals surface area contributed by atoms with E-state index in [4.69, 9.17) is 27.9 Å². The zero-order valence-corrected chi connectivity index (χ0v) is 25.1. The number of carbonyl (C=O) groups excluding carboxylic acids is 2. The van der Waals surface area contributed by atoms with Crippen LogP contribution in [0.25, 0.3) is 0 Å². The van der Waals surface area contributed by atoms with Crippen molar-refractivity contribution in [1.29, 1.82) is 0 Å². The van der Waals surface area contributed by atoms with Crippen molar-refractivity contribution in [2.75, 3.05) is 24.2 Å². The molecule has 0 saturated heterocycles. The molecule has 0 fully saturated rings. The van der Waals surface area contributed by atoms with Crippen molar-refractivity contribution in [3.63, 3.8) is 0 Å². The summed E-state index contributed by atoms with van der Waals surface area (Å²) in [6.45, 7) is 3.10. The van der Waals surface area contributed by atoms with Crippen LogP contribution in [0.3, 0.4) is 0 Å². The van der Waals surface area contributed by atoms with Crippen molar-refractivity contribution in [3.8, 4) is 5.75 Å². The Balaban J connectivity index is 2.10. The first-order valence-electron chi connectivity index (χ1n) is 12.6. The number of nitrogens with zero attached hydrogens (tertiary/aromatic N) is 2. The van der Waals surface area contributed by atoms with Gasteiger partial charge in [-0.1, -0.05) is 71.7 Å². The van der Waals surface area contributed by atoms with E-state index < -0.39 is 28.5 Å². The number of hydrogen-bond donors (Lipinski definition) is 1. The molecule has 2 amide bonds. The Kier molecular flexibility index (Phi) is 10.8. The van der Waals surface area contributed by atoms with Crippen molar-refractivity contribution >= 4 is 50.7 Å². The molecule has 0 saturated carbocycles. The SMILES string of the molecule is COc1cccc(CN(C(=O)CN(c2cccc(Cl)c2Cl)S(C)(=O)=O)[C@@H](Cc2ccccc2)C(=O)NC(C)C)c1. The van der Waals surface area contributed by atoms with Crippen LogP contribution in [0.4, 0.5) is 5.69 Å². The second kappa shape index (κ2) is 13.9. The first-order valence-corrected chi connectivity index (χ1v) is 15.2. The van der Waals surface area contributed by atoms with Gasteiger partial charge in [-0.2, -0.15) is 0 Å². The second-order valence-corrected chi connectivity index (χ2v) is 12.3. The Morgan fingerprint density at radius 2 is 1.60 bits per heavy atom. The molecule has 0 aliphatic rings. The maximum Gasteiger partial charge on any atom is 0.244 e. The molecule has 0 aliphatic heterocycles. The number of nitrogens with one attached hydrogen (secondary N) is 1. The maximum absolute atomic E-state index is 14.1. The van der Waals surface area contributed by atoms with Gasteiger partial charge in [-0.15, -0.1) is 0 Å². The smallest absolute Gasteiger partial charge is 0.244 e. The van der Waals surface area contributed by atoms with Gasteiger partial charge in [0.05, 0.1) is 29.1 Å². The molecule has 8 nitrogen and oxygen atoms in total. The van der Waals surface area contributed by atoms with Crippen LogP contribution in [0.2, 0.25) is 10.0 Å². The molecule has 0 aliphatic carbocycles. The minimum atomic E-state index is -3.97. The van der Waals surface area contributed by atoms with Crippen molar-refractivity contribution in [1.82, 2.24) is 10.2 Å².